The number of nitrogens with zero attached hydrogens (tertiary/aromatic N) is 2. The molecule has 0 saturated heterocycles. The van der Waals surface area contributed by atoms with E-state index in [2.05, 4.69) is 17.3 Å². The number of rotatable bonds is 7. The van der Waals surface area contributed by atoms with Gasteiger partial charge in [0.2, 0.25) is 0 Å². The Hall–Kier alpha value is -0.880. The van der Waals surface area contributed by atoms with Gasteiger partial charge in [0.15, 0.2) is 0 Å². The Balaban J connectivity index is 1.95. The number of halogens is 1. The molecule has 6 heteroatoms. The van der Waals surface area contributed by atoms with Gasteiger partial charge in [0, 0.05) is 36.3 Å². The lowest BCUT2D eigenvalue weighted by Gasteiger charge is -2.06. The summed E-state index contributed by atoms with van der Waals surface area (Å²) in [5.74, 6) is 0. The molecule has 0 aromatic carbocycles. The van der Waals surface area contributed by atoms with Gasteiger partial charge in [0.05, 0.1) is 23.9 Å². The first kappa shape index (κ1) is 15.5. The van der Waals surface area contributed by atoms with Crippen LogP contribution in [0, 0.1) is 13.8 Å². The van der Waals surface area contributed by atoms with Gasteiger partial charge < -0.3 is 10.1 Å². The number of hydrogen-bond acceptors (Lipinski definition) is 4. The molecule has 0 bridgehead atoms. The minimum Gasteiger partial charge on any atom is -0.383 e. The topological polar surface area (TPSA) is 39.1 Å². The molecule has 0 radical (unpaired) electrons. The molecule has 0 aliphatic rings. The highest BCUT2D eigenvalue weighted by Crippen LogP contribution is 2.22. The van der Waals surface area contributed by atoms with Crippen molar-refractivity contribution in [2.75, 3.05) is 13.7 Å². The van der Waals surface area contributed by atoms with Crippen LogP contribution in [0.5, 0.6) is 0 Å². The Kier molecular flexibility index (Phi) is 5.60. The number of aryl methyl sites for hydroxylation is 1. The molecule has 0 aliphatic carbocycles. The molecule has 0 unspecified atom stereocenters. The van der Waals surface area contributed by atoms with Gasteiger partial charge in [-0.05, 0) is 25.3 Å². The summed E-state index contributed by atoms with van der Waals surface area (Å²) in [6, 6.07) is 1.93. The van der Waals surface area contributed by atoms with E-state index in [0.29, 0.717) is 6.61 Å². The molecular weight excluding hydrogens is 294 g/mol. The first-order valence-electron chi connectivity index (χ1n) is 6.58. The summed E-state index contributed by atoms with van der Waals surface area (Å²) in [4.78, 5) is 1.17. The second-order valence-corrected chi connectivity index (χ2v) is 6.07. The lowest BCUT2D eigenvalue weighted by atomic mass is 10.2. The lowest BCUT2D eigenvalue weighted by molar-refractivity contribution is 0.182. The Morgan fingerprint density at radius 3 is 2.85 bits per heavy atom. The third kappa shape index (κ3) is 3.61. The molecule has 20 heavy (non-hydrogen) atoms. The molecule has 2 rings (SSSR count). The third-order valence-corrected chi connectivity index (χ3v) is 4.70. The highest BCUT2D eigenvalue weighted by molar-refractivity contribution is 7.10. The van der Waals surface area contributed by atoms with Crippen molar-refractivity contribution in [3.8, 4) is 0 Å². The summed E-state index contributed by atoms with van der Waals surface area (Å²) in [5.41, 5.74) is 3.53. The number of ether oxygens (including phenoxy) is 1. The van der Waals surface area contributed by atoms with Crippen molar-refractivity contribution < 1.29 is 4.74 Å². The van der Waals surface area contributed by atoms with Crippen LogP contribution >= 0.6 is 22.9 Å². The standard InChI is InChI=1S/C14H20ClN3OS/c1-10-12(11(2)18(17-10)5-6-19-3)8-16-9-14-13(15)4-7-20-14/h4,7,16H,5-6,8-9H2,1-3H3. The van der Waals surface area contributed by atoms with Crippen molar-refractivity contribution in [2.45, 2.75) is 33.5 Å². The van der Waals surface area contributed by atoms with Crippen molar-refractivity contribution in [1.82, 2.24) is 15.1 Å². The van der Waals surface area contributed by atoms with Crippen LogP contribution in [0.2, 0.25) is 5.02 Å². The van der Waals surface area contributed by atoms with Gasteiger partial charge in [-0.25, -0.2) is 0 Å². The second kappa shape index (κ2) is 7.22. The smallest absolute Gasteiger partial charge is 0.0658 e. The molecular formula is C14H20ClN3OS. The molecule has 0 amide bonds. The summed E-state index contributed by atoms with van der Waals surface area (Å²) in [7, 11) is 1.71. The second-order valence-electron chi connectivity index (χ2n) is 4.66. The van der Waals surface area contributed by atoms with Crippen molar-refractivity contribution >= 4 is 22.9 Å². The van der Waals surface area contributed by atoms with Crippen LogP contribution in [0.4, 0.5) is 0 Å². The van der Waals surface area contributed by atoms with E-state index in [1.165, 1.54) is 16.1 Å². The molecule has 0 saturated carbocycles. The van der Waals surface area contributed by atoms with E-state index in [0.717, 1.165) is 30.4 Å². The van der Waals surface area contributed by atoms with E-state index in [4.69, 9.17) is 16.3 Å². The fourth-order valence-corrected chi connectivity index (χ4v) is 3.21. The third-order valence-electron chi connectivity index (χ3n) is 3.32. The van der Waals surface area contributed by atoms with E-state index in [1.807, 2.05) is 23.1 Å². The maximum atomic E-state index is 6.09. The number of nitrogens with one attached hydrogen (secondary N) is 1. The Morgan fingerprint density at radius 1 is 1.40 bits per heavy atom. The summed E-state index contributed by atoms with van der Waals surface area (Å²) in [6.07, 6.45) is 0. The molecule has 4 nitrogen and oxygen atoms in total. The highest BCUT2D eigenvalue weighted by Gasteiger charge is 2.11. The minimum atomic E-state index is 0.680. The number of hydrogen-bond donors (Lipinski definition) is 1. The molecule has 0 atom stereocenters. The molecule has 0 spiro atoms. The van der Waals surface area contributed by atoms with Gasteiger partial charge >= 0.3 is 0 Å². The maximum absolute atomic E-state index is 6.09. The molecule has 2 aromatic heterocycles. The summed E-state index contributed by atoms with van der Waals surface area (Å²) in [6.45, 7) is 7.22. The minimum absolute atomic E-state index is 0.680. The quantitative estimate of drug-likeness (QED) is 0.853. The van der Waals surface area contributed by atoms with Crippen molar-refractivity contribution in [3.63, 3.8) is 0 Å². The largest absolute Gasteiger partial charge is 0.383 e. The SMILES string of the molecule is COCCn1nc(C)c(CNCc2sccc2Cl)c1C. The van der Waals surface area contributed by atoms with Crippen LogP contribution in [0.1, 0.15) is 21.8 Å². The van der Waals surface area contributed by atoms with Gasteiger partial charge in [0.25, 0.3) is 0 Å². The summed E-state index contributed by atoms with van der Waals surface area (Å²) < 4.78 is 7.11. The molecule has 2 heterocycles. The van der Waals surface area contributed by atoms with E-state index in [-0.39, 0.29) is 0 Å². The fourth-order valence-electron chi connectivity index (χ4n) is 2.14. The molecule has 0 fully saturated rings. The van der Waals surface area contributed by atoms with E-state index >= 15 is 0 Å². The predicted molar refractivity (Wildman–Crippen MR) is 83.4 cm³/mol. The zero-order chi connectivity index (χ0) is 14.5. The molecule has 0 aliphatic heterocycles. The van der Waals surface area contributed by atoms with E-state index in [1.54, 1.807) is 18.4 Å². The fraction of sp³-hybridized carbons (Fsp3) is 0.500. The van der Waals surface area contributed by atoms with Crippen LogP contribution in [-0.4, -0.2) is 23.5 Å². The number of methoxy groups -OCH3 is 1. The van der Waals surface area contributed by atoms with E-state index in [9.17, 15) is 0 Å². The first-order valence-corrected chi connectivity index (χ1v) is 7.83. The normalized spacial score (nSPS) is 11.2. The Labute approximate surface area is 128 Å². The van der Waals surface area contributed by atoms with E-state index < -0.39 is 0 Å². The highest BCUT2D eigenvalue weighted by atomic mass is 35.5. The summed E-state index contributed by atoms with van der Waals surface area (Å²) in [5, 5.41) is 10.8. The molecule has 1 N–H and O–H groups in total. The zero-order valence-corrected chi connectivity index (χ0v) is 13.6. The van der Waals surface area contributed by atoms with Crippen LogP contribution in [0.15, 0.2) is 11.4 Å². The van der Waals surface area contributed by atoms with Crippen LogP contribution in [0.25, 0.3) is 0 Å². The Morgan fingerprint density at radius 2 is 2.20 bits per heavy atom. The first-order chi connectivity index (χ1) is 9.63. The number of aromatic nitrogens is 2. The average Bonchev–Trinajstić information content (AvgIpc) is 2.94. The van der Waals surface area contributed by atoms with Crippen LogP contribution < -0.4 is 5.32 Å². The summed E-state index contributed by atoms with van der Waals surface area (Å²) >= 11 is 7.76. The average molecular weight is 314 g/mol. The van der Waals surface area contributed by atoms with Crippen molar-refractivity contribution in [3.05, 3.63) is 38.3 Å². The molecule has 2 aromatic rings. The van der Waals surface area contributed by atoms with Gasteiger partial charge in [-0.3, -0.25) is 4.68 Å². The monoisotopic (exact) mass is 313 g/mol. The van der Waals surface area contributed by atoms with Gasteiger partial charge in [-0.2, -0.15) is 5.10 Å². The Bertz CT molecular complexity index is 565. The predicted octanol–water partition coefficient (Wildman–Crippen LogP) is 3.15. The van der Waals surface area contributed by atoms with Gasteiger partial charge in [-0.15, -0.1) is 11.3 Å². The van der Waals surface area contributed by atoms with Crippen LogP contribution in [-0.2, 0) is 24.4 Å². The number of thiophene rings is 1. The van der Waals surface area contributed by atoms with Gasteiger partial charge in [-0.1, -0.05) is 11.6 Å². The molecule has 110 valence electrons. The zero-order valence-electron chi connectivity index (χ0n) is 12.1. The van der Waals surface area contributed by atoms with Gasteiger partial charge in [0.1, 0.15) is 0 Å². The van der Waals surface area contributed by atoms with Crippen LogP contribution in [0.3, 0.4) is 0 Å². The lowest BCUT2D eigenvalue weighted by Crippen LogP contribution is -2.14. The maximum Gasteiger partial charge on any atom is 0.0658 e. The van der Waals surface area contributed by atoms with Crippen molar-refractivity contribution in [2.24, 2.45) is 0 Å². The van der Waals surface area contributed by atoms with Crippen molar-refractivity contribution in [1.29, 1.82) is 0 Å².